The average Bonchev–Trinajstić information content (AvgIpc) is 3.20. The van der Waals surface area contributed by atoms with Gasteiger partial charge in [0.25, 0.3) is 0 Å². The zero-order chi connectivity index (χ0) is 18.4. The molecule has 1 aromatic carbocycles. The maximum Gasteiger partial charge on any atom is 0.237 e. The van der Waals surface area contributed by atoms with Crippen LogP contribution in [0.2, 0.25) is 0 Å². The van der Waals surface area contributed by atoms with Crippen molar-refractivity contribution in [3.8, 4) is 5.75 Å². The largest absolute Gasteiger partial charge is 0.508 e. The van der Waals surface area contributed by atoms with Gasteiger partial charge in [-0.05, 0) is 62.4 Å². The Labute approximate surface area is 158 Å². The predicted octanol–water partition coefficient (Wildman–Crippen LogP) is 1.59. The van der Waals surface area contributed by atoms with Gasteiger partial charge in [-0.15, -0.1) is 11.8 Å². The summed E-state index contributed by atoms with van der Waals surface area (Å²) in [7, 11) is 0. The normalized spacial score (nSPS) is 23.0. The number of rotatable bonds is 6. The van der Waals surface area contributed by atoms with Crippen LogP contribution in [0.15, 0.2) is 29.2 Å². The van der Waals surface area contributed by atoms with E-state index in [-0.39, 0.29) is 23.6 Å². The SMILES string of the molecule is O=C(NCC1CCCN(C(=O)CSc2ccc(O)cc2)C1)C1CCCN1. The van der Waals surface area contributed by atoms with E-state index in [1.54, 1.807) is 12.1 Å². The Hall–Kier alpha value is -1.73. The van der Waals surface area contributed by atoms with Crippen molar-refractivity contribution in [3.63, 3.8) is 0 Å². The number of phenols is 1. The number of piperidine rings is 1. The molecular formula is C19H27N3O3S. The first kappa shape index (κ1) is 19.0. The van der Waals surface area contributed by atoms with Crippen LogP contribution in [-0.2, 0) is 9.59 Å². The lowest BCUT2D eigenvalue weighted by atomic mass is 9.98. The minimum atomic E-state index is -0.0435. The van der Waals surface area contributed by atoms with Crippen LogP contribution in [0.3, 0.4) is 0 Å². The summed E-state index contributed by atoms with van der Waals surface area (Å²) in [4.78, 5) is 27.5. The standard InChI is InChI=1S/C19H27N3O3S/c23-15-5-7-16(8-6-15)26-13-18(24)22-10-2-3-14(12-22)11-21-19(25)17-4-1-9-20-17/h5-8,14,17,20,23H,1-4,9-13H2,(H,21,25). The van der Waals surface area contributed by atoms with Gasteiger partial charge in [0.1, 0.15) is 5.75 Å². The van der Waals surface area contributed by atoms with Crippen molar-refractivity contribution in [2.24, 2.45) is 5.92 Å². The Balaban J connectivity index is 1.41. The quantitative estimate of drug-likeness (QED) is 0.656. The Morgan fingerprint density at radius 3 is 2.77 bits per heavy atom. The summed E-state index contributed by atoms with van der Waals surface area (Å²) >= 11 is 1.49. The number of carbonyl (C=O) groups is 2. The molecule has 2 unspecified atom stereocenters. The van der Waals surface area contributed by atoms with Gasteiger partial charge in [-0.25, -0.2) is 0 Å². The average molecular weight is 378 g/mol. The maximum absolute atomic E-state index is 12.5. The van der Waals surface area contributed by atoms with Gasteiger partial charge in [-0.1, -0.05) is 0 Å². The number of amides is 2. The van der Waals surface area contributed by atoms with Crippen LogP contribution in [0.4, 0.5) is 0 Å². The van der Waals surface area contributed by atoms with E-state index < -0.39 is 0 Å². The molecule has 2 heterocycles. The first-order valence-corrected chi connectivity index (χ1v) is 10.3. The number of thioether (sulfide) groups is 1. The lowest BCUT2D eigenvalue weighted by Gasteiger charge is -2.33. The molecular weight excluding hydrogens is 350 g/mol. The van der Waals surface area contributed by atoms with Crippen molar-refractivity contribution in [1.82, 2.24) is 15.5 Å². The third kappa shape index (κ3) is 5.38. The molecule has 0 bridgehead atoms. The second-order valence-corrected chi connectivity index (χ2v) is 8.07. The fourth-order valence-corrected chi connectivity index (χ4v) is 4.31. The van der Waals surface area contributed by atoms with Crippen molar-refractivity contribution in [3.05, 3.63) is 24.3 Å². The number of phenolic OH excluding ortho intramolecular Hbond substituents is 1. The molecule has 1 aromatic rings. The van der Waals surface area contributed by atoms with Crippen LogP contribution in [0, 0.1) is 5.92 Å². The number of hydrogen-bond acceptors (Lipinski definition) is 5. The fourth-order valence-electron chi connectivity index (χ4n) is 3.51. The molecule has 7 heteroatoms. The first-order chi connectivity index (χ1) is 12.6. The highest BCUT2D eigenvalue weighted by molar-refractivity contribution is 8.00. The van der Waals surface area contributed by atoms with E-state index in [0.717, 1.165) is 43.7 Å². The molecule has 3 rings (SSSR count). The fraction of sp³-hybridized carbons (Fsp3) is 0.579. The number of nitrogens with zero attached hydrogens (tertiary/aromatic N) is 1. The minimum absolute atomic E-state index is 0.0435. The number of likely N-dealkylation sites (tertiary alicyclic amines) is 1. The Morgan fingerprint density at radius 2 is 2.04 bits per heavy atom. The molecule has 0 aliphatic carbocycles. The number of aromatic hydroxyl groups is 1. The molecule has 2 amide bonds. The van der Waals surface area contributed by atoms with Gasteiger partial charge in [0.2, 0.25) is 11.8 Å². The molecule has 0 saturated carbocycles. The van der Waals surface area contributed by atoms with Crippen molar-refractivity contribution >= 4 is 23.6 Å². The topological polar surface area (TPSA) is 81.7 Å². The van der Waals surface area contributed by atoms with Crippen molar-refractivity contribution in [2.45, 2.75) is 36.6 Å². The van der Waals surface area contributed by atoms with E-state index in [9.17, 15) is 14.7 Å². The Kier molecular flexibility index (Phi) is 6.80. The van der Waals surface area contributed by atoms with Gasteiger partial charge in [0, 0.05) is 24.5 Å². The summed E-state index contributed by atoms with van der Waals surface area (Å²) in [6, 6.07) is 6.85. The molecule has 142 valence electrons. The van der Waals surface area contributed by atoms with Gasteiger partial charge in [-0.3, -0.25) is 9.59 Å². The van der Waals surface area contributed by atoms with Crippen LogP contribution in [0.25, 0.3) is 0 Å². The molecule has 2 saturated heterocycles. The lowest BCUT2D eigenvalue weighted by molar-refractivity contribution is -0.130. The highest BCUT2D eigenvalue weighted by Crippen LogP contribution is 2.22. The van der Waals surface area contributed by atoms with E-state index >= 15 is 0 Å². The highest BCUT2D eigenvalue weighted by Gasteiger charge is 2.26. The third-order valence-corrected chi connectivity index (χ3v) is 6.01. The van der Waals surface area contributed by atoms with Gasteiger partial charge < -0.3 is 20.6 Å². The molecule has 2 aliphatic heterocycles. The molecule has 2 aliphatic rings. The van der Waals surface area contributed by atoms with Gasteiger partial charge >= 0.3 is 0 Å². The summed E-state index contributed by atoms with van der Waals surface area (Å²) in [5.74, 6) is 1.19. The van der Waals surface area contributed by atoms with E-state index in [2.05, 4.69) is 10.6 Å². The van der Waals surface area contributed by atoms with Crippen LogP contribution in [0.1, 0.15) is 25.7 Å². The summed E-state index contributed by atoms with van der Waals surface area (Å²) in [5, 5.41) is 15.6. The molecule has 0 radical (unpaired) electrons. The summed E-state index contributed by atoms with van der Waals surface area (Å²) in [6.45, 7) is 3.07. The smallest absolute Gasteiger partial charge is 0.237 e. The molecule has 3 N–H and O–H groups in total. The van der Waals surface area contributed by atoms with Gasteiger partial charge in [0.15, 0.2) is 0 Å². The maximum atomic E-state index is 12.5. The number of carbonyl (C=O) groups excluding carboxylic acids is 2. The van der Waals surface area contributed by atoms with Crippen molar-refractivity contribution < 1.29 is 14.7 Å². The van der Waals surface area contributed by atoms with E-state index in [1.807, 2.05) is 17.0 Å². The molecule has 2 atom stereocenters. The monoisotopic (exact) mass is 377 g/mol. The first-order valence-electron chi connectivity index (χ1n) is 9.32. The molecule has 26 heavy (non-hydrogen) atoms. The van der Waals surface area contributed by atoms with Gasteiger partial charge in [0.05, 0.1) is 11.8 Å². The third-order valence-electron chi connectivity index (χ3n) is 5.01. The molecule has 0 aromatic heterocycles. The van der Waals surface area contributed by atoms with Crippen molar-refractivity contribution in [2.75, 3.05) is 31.9 Å². The minimum Gasteiger partial charge on any atom is -0.508 e. The van der Waals surface area contributed by atoms with Crippen molar-refractivity contribution in [1.29, 1.82) is 0 Å². The number of hydrogen-bond donors (Lipinski definition) is 3. The second kappa shape index (κ2) is 9.28. The van der Waals surface area contributed by atoms with E-state index in [1.165, 1.54) is 11.8 Å². The second-order valence-electron chi connectivity index (χ2n) is 7.02. The van der Waals surface area contributed by atoms with E-state index in [0.29, 0.717) is 24.8 Å². The highest BCUT2D eigenvalue weighted by atomic mass is 32.2. The predicted molar refractivity (Wildman–Crippen MR) is 102 cm³/mol. The molecule has 6 nitrogen and oxygen atoms in total. The summed E-state index contributed by atoms with van der Waals surface area (Å²) in [5.41, 5.74) is 0. The van der Waals surface area contributed by atoms with Crippen LogP contribution in [-0.4, -0.2) is 59.8 Å². The molecule has 2 fully saturated rings. The Morgan fingerprint density at radius 1 is 1.23 bits per heavy atom. The number of nitrogens with one attached hydrogen (secondary N) is 2. The van der Waals surface area contributed by atoms with E-state index in [4.69, 9.17) is 0 Å². The number of benzene rings is 1. The van der Waals surface area contributed by atoms with Crippen LogP contribution >= 0.6 is 11.8 Å². The van der Waals surface area contributed by atoms with Crippen LogP contribution < -0.4 is 10.6 Å². The lowest BCUT2D eigenvalue weighted by Crippen LogP contribution is -2.47. The van der Waals surface area contributed by atoms with Gasteiger partial charge in [-0.2, -0.15) is 0 Å². The van der Waals surface area contributed by atoms with Crippen LogP contribution in [0.5, 0.6) is 5.75 Å². The summed E-state index contributed by atoms with van der Waals surface area (Å²) < 4.78 is 0. The zero-order valence-electron chi connectivity index (χ0n) is 14.9. The summed E-state index contributed by atoms with van der Waals surface area (Å²) in [6.07, 6.45) is 4.00. The molecule has 0 spiro atoms. The zero-order valence-corrected chi connectivity index (χ0v) is 15.8. The Bertz CT molecular complexity index is 617.